The smallest absolute Gasteiger partial charge is 0.139 e. The molecule has 0 saturated carbocycles. The van der Waals surface area contributed by atoms with Gasteiger partial charge < -0.3 is 29.1 Å². The van der Waals surface area contributed by atoms with Gasteiger partial charge in [0.1, 0.15) is 19.9 Å². The maximum atomic E-state index is 11.3. The molecule has 0 amide bonds. The van der Waals surface area contributed by atoms with Crippen LogP contribution in [0.5, 0.6) is 0 Å². The summed E-state index contributed by atoms with van der Waals surface area (Å²) in [5, 5.41) is 10.4. The first-order valence-electron chi connectivity index (χ1n) is 11.2. The summed E-state index contributed by atoms with van der Waals surface area (Å²) < 4.78 is 52.8. The molecule has 0 aromatic carbocycles. The summed E-state index contributed by atoms with van der Waals surface area (Å²) >= 11 is 0. The van der Waals surface area contributed by atoms with E-state index in [1.54, 1.807) is 11.8 Å². The summed E-state index contributed by atoms with van der Waals surface area (Å²) in [4.78, 5) is 3.99. The molecule has 0 bridgehead atoms. The van der Waals surface area contributed by atoms with E-state index in [1.807, 2.05) is 14.1 Å². The summed E-state index contributed by atoms with van der Waals surface area (Å²) in [5.74, 6) is 0. The predicted octanol–water partition coefficient (Wildman–Crippen LogP) is 1.38. The van der Waals surface area contributed by atoms with Crippen LogP contribution in [0, 0.1) is 5.21 Å². The molecule has 0 aliphatic carbocycles. The number of hydroxylamine groups is 3. The molecule has 0 aromatic heterocycles. The quantitative estimate of drug-likeness (QED) is 0.271. The molecule has 0 N–H and O–H groups in total. The van der Waals surface area contributed by atoms with Crippen molar-refractivity contribution in [3.05, 3.63) is 31.0 Å². The van der Waals surface area contributed by atoms with Gasteiger partial charge in [0.05, 0.1) is 33.4 Å². The molecule has 0 radical (unpaired) electrons. The molecule has 0 atom stereocenters. The second kappa shape index (κ2) is 63.8. The fraction of sp³-hybridized carbons (Fsp3) is 0.833. The molecule has 0 aliphatic rings. The van der Waals surface area contributed by atoms with Crippen molar-refractivity contribution in [1.82, 2.24) is 9.80 Å². The van der Waals surface area contributed by atoms with Crippen LogP contribution in [0.2, 0.25) is 0 Å². The van der Waals surface area contributed by atoms with E-state index in [0.717, 1.165) is 0 Å². The number of alkyl halides is 3. The summed E-state index contributed by atoms with van der Waals surface area (Å²) in [6.45, 7) is 14.6. The van der Waals surface area contributed by atoms with Crippen LogP contribution in [0.1, 0.15) is 53.4 Å². The molecule has 0 aliphatic heterocycles. The number of nitrogens with zero attached hydrogens (tertiary/aromatic N) is 3. The van der Waals surface area contributed by atoms with Gasteiger partial charge in [0.15, 0.2) is 0 Å². The summed E-state index contributed by atoms with van der Waals surface area (Å²) in [7, 11) is 10.7. The Balaban J connectivity index is -0.0000000326. The number of quaternary nitrogens is 1. The minimum atomic E-state index is -0.531. The van der Waals surface area contributed by atoms with Gasteiger partial charge in [-0.2, -0.15) is 0 Å². The maximum Gasteiger partial charge on any atom is 0.139 e. The molecule has 0 spiro atoms. The van der Waals surface area contributed by atoms with Crippen LogP contribution in [0.3, 0.4) is 0 Å². The Labute approximate surface area is 212 Å². The molecular weight excluding hydrogens is 472 g/mol. The van der Waals surface area contributed by atoms with Crippen molar-refractivity contribution in [2.24, 2.45) is 0 Å². The van der Waals surface area contributed by atoms with E-state index >= 15 is 0 Å². The lowest BCUT2D eigenvalue weighted by Gasteiger charge is -2.32. The third-order valence-electron chi connectivity index (χ3n) is 2.51. The van der Waals surface area contributed by atoms with Crippen LogP contribution in [-0.2, 0) is 0 Å². The standard InChI is InChI=1S/C5H13N.C4H10FNO.C4H10FN.C4H10.C3H7F.2C2H3F.2FH/c1-4-5-6(2)3;1-6(2,7)4-3-5;1-6(2)4-3-5;1-3-4-2;1-2-3-4;2*1-2-3;;/h4-5H2,1-3H3;3-4H2,1-2H3;3-4H2,1-2H3;3-4H2,1-2H3;2-3H2,1H3;2*2H,1H2;2*1H/p-2/i;2*5-1;;4-1;2*3-1;2*1-1. The highest BCUT2D eigenvalue weighted by molar-refractivity contribution is 4.39. The highest BCUT2D eigenvalue weighted by atomic mass is 18.2. The highest BCUT2D eigenvalue weighted by Gasteiger charge is 1.97. The molecule has 0 saturated heterocycles. The topological polar surface area (TPSA) is 29.5 Å². The molecule has 4 nitrogen and oxygen atoms in total. The Hall–Kier alpha value is -1.17. The molecule has 224 valence electrons. The van der Waals surface area contributed by atoms with Gasteiger partial charge in [0, 0.05) is 6.54 Å². The highest BCUT2D eigenvalue weighted by Crippen LogP contribution is 1.89. The van der Waals surface area contributed by atoms with Crippen LogP contribution >= 0.6 is 0 Å². The van der Waals surface area contributed by atoms with Crippen molar-refractivity contribution < 1.29 is 36.0 Å². The average Bonchev–Trinajstić information content (AvgIpc) is 2.69. The SMILES string of the molecule is C=C[18F].C=C[18F].CCCC.CCCN(C)C.CCC[18F].CN(C)CC[18F].C[N+](C)([O-])CC[18F].[18F-].[18F-]. The number of halogens is 7. The molecule has 35 heavy (non-hydrogen) atoms. The molecule has 0 fully saturated rings. The Kier molecular flexibility index (Phi) is 108. The van der Waals surface area contributed by atoms with Crippen LogP contribution in [0.4, 0.5) is 22.0 Å². The number of hydrogen-bond acceptors (Lipinski definition) is 3. The summed E-state index contributed by atoms with van der Waals surface area (Å²) in [6.07, 6.45) is 5.05. The zero-order valence-corrected chi connectivity index (χ0v) is 24.0. The van der Waals surface area contributed by atoms with Crippen molar-refractivity contribution in [2.45, 2.75) is 53.4 Å². The lowest BCUT2D eigenvalue weighted by molar-refractivity contribution is -0.839. The van der Waals surface area contributed by atoms with Crippen LogP contribution in [0.15, 0.2) is 25.8 Å². The predicted molar refractivity (Wildman–Crippen MR) is 139 cm³/mol. The average molecular weight is 529 g/mol. The van der Waals surface area contributed by atoms with Crippen molar-refractivity contribution in [3.8, 4) is 0 Å². The van der Waals surface area contributed by atoms with Gasteiger partial charge in [-0.05, 0) is 47.6 Å². The largest absolute Gasteiger partial charge is 1.00 e. The first kappa shape index (κ1) is 59.1. The third-order valence-corrected chi connectivity index (χ3v) is 2.51. The van der Waals surface area contributed by atoms with Crippen LogP contribution in [-0.4, -0.2) is 96.4 Å². The maximum absolute atomic E-state index is 11.3. The van der Waals surface area contributed by atoms with Gasteiger partial charge in [0.2, 0.25) is 0 Å². The van der Waals surface area contributed by atoms with Gasteiger partial charge in [-0.3, -0.25) is 4.39 Å². The van der Waals surface area contributed by atoms with E-state index in [9.17, 15) is 27.2 Å². The van der Waals surface area contributed by atoms with Crippen LogP contribution in [0.25, 0.3) is 0 Å². The monoisotopic (exact) mass is 528 g/mol. The van der Waals surface area contributed by atoms with Crippen molar-refractivity contribution in [3.63, 3.8) is 0 Å². The first-order valence-corrected chi connectivity index (χ1v) is 11.2. The van der Waals surface area contributed by atoms with Crippen LogP contribution < -0.4 is 9.41 Å². The van der Waals surface area contributed by atoms with Crippen molar-refractivity contribution >= 4 is 0 Å². The fourth-order valence-corrected chi connectivity index (χ4v) is 0.820. The van der Waals surface area contributed by atoms with Gasteiger partial charge in [0.25, 0.3) is 0 Å². The van der Waals surface area contributed by atoms with E-state index in [-0.39, 0.29) is 42.0 Å². The summed E-state index contributed by atoms with van der Waals surface area (Å²) in [5.41, 5.74) is 0. The van der Waals surface area contributed by atoms with E-state index in [4.69, 9.17) is 0 Å². The van der Waals surface area contributed by atoms with Gasteiger partial charge >= 0.3 is 0 Å². The fourth-order valence-electron chi connectivity index (χ4n) is 0.820. The minimum absolute atomic E-state index is 0. The minimum Gasteiger partial charge on any atom is -1.00 e. The Morgan fingerprint density at radius 3 is 0.943 bits per heavy atom. The summed E-state index contributed by atoms with van der Waals surface area (Å²) in [6, 6.07) is 0. The molecule has 0 unspecified atom stereocenters. The van der Waals surface area contributed by atoms with E-state index in [2.05, 4.69) is 52.9 Å². The van der Waals surface area contributed by atoms with Gasteiger partial charge in [-0.1, -0.05) is 53.7 Å². The van der Waals surface area contributed by atoms with E-state index in [0.29, 0.717) is 13.0 Å². The normalized spacial score (nSPS) is 8.29. The van der Waals surface area contributed by atoms with E-state index in [1.165, 1.54) is 39.9 Å². The second-order valence-electron chi connectivity index (χ2n) is 7.28. The van der Waals surface area contributed by atoms with Crippen molar-refractivity contribution in [1.29, 1.82) is 0 Å². The lowest BCUT2D eigenvalue weighted by atomic mass is 10.4. The molecular formula is C24H56F7N3O-2. The Morgan fingerprint density at radius 2 is 0.943 bits per heavy atom. The van der Waals surface area contributed by atoms with E-state index < -0.39 is 11.3 Å². The second-order valence-corrected chi connectivity index (χ2v) is 7.28. The number of unbranched alkanes of at least 4 members (excludes halogenated alkanes) is 1. The third kappa shape index (κ3) is 266. The van der Waals surface area contributed by atoms with Crippen molar-refractivity contribution in [2.75, 3.05) is 81.9 Å². The lowest BCUT2D eigenvalue weighted by Crippen LogP contribution is -3.00. The zero-order chi connectivity index (χ0) is 28.1. The molecule has 0 aromatic rings. The molecule has 0 heterocycles. The zero-order valence-electron chi connectivity index (χ0n) is 24.0. The molecule has 0 rings (SSSR count). The Morgan fingerprint density at radius 1 is 0.657 bits per heavy atom. The number of hydrogen-bond donors (Lipinski definition) is 0. The first-order chi connectivity index (χ1) is 15.3. The van der Waals surface area contributed by atoms with Gasteiger partial charge in [-0.25, -0.2) is 17.6 Å². The van der Waals surface area contributed by atoms with Gasteiger partial charge in [-0.15, -0.1) is 0 Å². The Bertz CT molecular complexity index is 273. The number of rotatable bonds is 8. The molecule has 11 heteroatoms.